The maximum absolute atomic E-state index is 5.45. The van der Waals surface area contributed by atoms with Gasteiger partial charge in [-0.1, -0.05) is 6.42 Å². The predicted molar refractivity (Wildman–Crippen MR) is 60.2 cm³/mol. The average molecular weight is 211 g/mol. The third-order valence-electron chi connectivity index (χ3n) is 3.55. The van der Waals surface area contributed by atoms with Crippen molar-refractivity contribution in [2.24, 2.45) is 16.8 Å². The van der Waals surface area contributed by atoms with Gasteiger partial charge in [-0.3, -0.25) is 4.99 Å². The summed E-state index contributed by atoms with van der Waals surface area (Å²) in [6, 6.07) is 0. The van der Waals surface area contributed by atoms with Crippen LogP contribution in [-0.4, -0.2) is 32.8 Å². The number of ether oxygens (including phenoxy) is 2. The highest BCUT2D eigenvalue weighted by Gasteiger charge is 2.29. The van der Waals surface area contributed by atoms with Crippen molar-refractivity contribution < 1.29 is 9.47 Å². The molecule has 2 rings (SSSR count). The van der Waals surface area contributed by atoms with Crippen LogP contribution in [0.25, 0.3) is 0 Å². The summed E-state index contributed by atoms with van der Waals surface area (Å²) >= 11 is 0. The Morgan fingerprint density at radius 2 is 2.00 bits per heavy atom. The molecule has 1 saturated heterocycles. The van der Waals surface area contributed by atoms with Crippen LogP contribution in [0.3, 0.4) is 0 Å². The van der Waals surface area contributed by atoms with Crippen molar-refractivity contribution in [3.8, 4) is 0 Å². The monoisotopic (exact) mass is 211 g/mol. The van der Waals surface area contributed by atoms with Gasteiger partial charge in [-0.25, -0.2) is 0 Å². The van der Waals surface area contributed by atoms with Crippen molar-refractivity contribution in [2.45, 2.75) is 32.1 Å². The van der Waals surface area contributed by atoms with E-state index in [0.29, 0.717) is 5.92 Å². The lowest BCUT2D eigenvalue weighted by Crippen LogP contribution is -2.29. The molecule has 0 bridgehead atoms. The first-order chi connectivity index (χ1) is 7.42. The van der Waals surface area contributed by atoms with Gasteiger partial charge in [0.1, 0.15) is 0 Å². The second kappa shape index (κ2) is 5.50. The van der Waals surface area contributed by atoms with Gasteiger partial charge >= 0.3 is 0 Å². The highest BCUT2D eigenvalue weighted by atomic mass is 16.5. The molecule has 0 amide bonds. The molecule has 2 aliphatic rings. The van der Waals surface area contributed by atoms with E-state index < -0.39 is 0 Å². The van der Waals surface area contributed by atoms with E-state index in [0.717, 1.165) is 31.6 Å². The van der Waals surface area contributed by atoms with Crippen LogP contribution in [0, 0.1) is 11.8 Å². The molecule has 15 heavy (non-hydrogen) atoms. The minimum Gasteiger partial charge on any atom is -0.484 e. The standard InChI is InChI=1S/C12H21NO2/c1-14-12-11(4-2-3-7-13-12)10-5-8-15-9-6-10/h10-11H,2-9H2,1H3/t11-/m1/s1. The number of methoxy groups -OCH3 is 1. The van der Waals surface area contributed by atoms with Crippen LogP contribution in [0.15, 0.2) is 4.99 Å². The van der Waals surface area contributed by atoms with Crippen LogP contribution in [0.2, 0.25) is 0 Å². The number of hydrogen-bond donors (Lipinski definition) is 0. The molecule has 0 aromatic rings. The van der Waals surface area contributed by atoms with Crippen molar-refractivity contribution in [3.63, 3.8) is 0 Å². The van der Waals surface area contributed by atoms with Crippen molar-refractivity contribution in [1.29, 1.82) is 0 Å². The van der Waals surface area contributed by atoms with E-state index in [1.165, 1.54) is 32.1 Å². The highest BCUT2D eigenvalue weighted by Crippen LogP contribution is 2.30. The molecule has 0 saturated carbocycles. The summed E-state index contributed by atoms with van der Waals surface area (Å²) in [6.45, 7) is 2.78. The Kier molecular flexibility index (Phi) is 4.01. The van der Waals surface area contributed by atoms with E-state index in [4.69, 9.17) is 9.47 Å². The normalized spacial score (nSPS) is 29.4. The smallest absolute Gasteiger partial charge is 0.186 e. The van der Waals surface area contributed by atoms with Gasteiger partial charge in [-0.15, -0.1) is 0 Å². The molecule has 2 aliphatic heterocycles. The maximum atomic E-state index is 5.45. The molecule has 0 unspecified atom stereocenters. The van der Waals surface area contributed by atoms with Crippen LogP contribution in [0.1, 0.15) is 32.1 Å². The lowest BCUT2D eigenvalue weighted by atomic mass is 9.83. The molecule has 2 heterocycles. The molecule has 0 radical (unpaired) electrons. The summed E-state index contributed by atoms with van der Waals surface area (Å²) < 4.78 is 10.9. The van der Waals surface area contributed by atoms with E-state index in [9.17, 15) is 0 Å². The first-order valence-electron chi connectivity index (χ1n) is 6.08. The van der Waals surface area contributed by atoms with Gasteiger partial charge < -0.3 is 9.47 Å². The Bertz CT molecular complexity index is 222. The zero-order chi connectivity index (χ0) is 10.5. The zero-order valence-electron chi connectivity index (χ0n) is 9.58. The Morgan fingerprint density at radius 1 is 1.20 bits per heavy atom. The highest BCUT2D eigenvalue weighted by molar-refractivity contribution is 5.79. The van der Waals surface area contributed by atoms with E-state index in [2.05, 4.69) is 4.99 Å². The summed E-state index contributed by atoms with van der Waals surface area (Å²) in [5.74, 6) is 2.29. The SMILES string of the molecule is COC1=NCCCC[C@@H]1C1CCOCC1. The molecule has 86 valence electrons. The molecule has 1 atom stereocenters. The predicted octanol–water partition coefficient (Wildman–Crippen LogP) is 2.26. The van der Waals surface area contributed by atoms with E-state index >= 15 is 0 Å². The fourth-order valence-electron chi connectivity index (χ4n) is 2.68. The second-order valence-electron chi connectivity index (χ2n) is 4.48. The Morgan fingerprint density at radius 3 is 2.73 bits per heavy atom. The van der Waals surface area contributed by atoms with Gasteiger partial charge in [0.25, 0.3) is 0 Å². The lowest BCUT2D eigenvalue weighted by Gasteiger charge is -2.29. The van der Waals surface area contributed by atoms with Gasteiger partial charge in [0, 0.05) is 25.7 Å². The number of rotatable bonds is 1. The first kappa shape index (κ1) is 10.9. The second-order valence-corrected chi connectivity index (χ2v) is 4.48. The largest absolute Gasteiger partial charge is 0.484 e. The van der Waals surface area contributed by atoms with Crippen LogP contribution in [-0.2, 0) is 9.47 Å². The first-order valence-corrected chi connectivity index (χ1v) is 6.08. The Labute approximate surface area is 91.9 Å². The van der Waals surface area contributed by atoms with Crippen molar-refractivity contribution in [2.75, 3.05) is 26.9 Å². The average Bonchev–Trinajstić information content (AvgIpc) is 2.55. The summed E-state index contributed by atoms with van der Waals surface area (Å²) in [5, 5.41) is 0. The fourth-order valence-corrected chi connectivity index (χ4v) is 2.68. The van der Waals surface area contributed by atoms with E-state index in [-0.39, 0.29) is 0 Å². The fraction of sp³-hybridized carbons (Fsp3) is 0.917. The molecular formula is C12H21NO2. The third-order valence-corrected chi connectivity index (χ3v) is 3.55. The van der Waals surface area contributed by atoms with Crippen LogP contribution in [0.4, 0.5) is 0 Å². The van der Waals surface area contributed by atoms with E-state index in [1.807, 2.05) is 0 Å². The van der Waals surface area contributed by atoms with Crippen LogP contribution >= 0.6 is 0 Å². The molecular weight excluding hydrogens is 190 g/mol. The quantitative estimate of drug-likeness (QED) is 0.666. The van der Waals surface area contributed by atoms with Crippen LogP contribution in [0.5, 0.6) is 0 Å². The third kappa shape index (κ3) is 2.71. The van der Waals surface area contributed by atoms with Crippen LogP contribution < -0.4 is 0 Å². The Balaban J connectivity index is 2.02. The molecule has 0 spiro atoms. The maximum Gasteiger partial charge on any atom is 0.186 e. The minimum absolute atomic E-state index is 0.557. The number of aliphatic imine (C=N–C) groups is 1. The van der Waals surface area contributed by atoms with Gasteiger partial charge in [0.05, 0.1) is 7.11 Å². The summed E-state index contributed by atoms with van der Waals surface area (Å²) in [6.07, 6.45) is 6.10. The van der Waals surface area contributed by atoms with Gasteiger partial charge in [0.2, 0.25) is 0 Å². The molecule has 0 aromatic carbocycles. The molecule has 0 N–H and O–H groups in total. The van der Waals surface area contributed by atoms with Gasteiger partial charge in [-0.2, -0.15) is 0 Å². The van der Waals surface area contributed by atoms with Gasteiger partial charge in [0.15, 0.2) is 5.90 Å². The van der Waals surface area contributed by atoms with Crippen molar-refractivity contribution in [3.05, 3.63) is 0 Å². The molecule has 1 fully saturated rings. The molecule has 3 heteroatoms. The molecule has 3 nitrogen and oxygen atoms in total. The van der Waals surface area contributed by atoms with Crippen molar-refractivity contribution >= 4 is 5.90 Å². The zero-order valence-corrected chi connectivity index (χ0v) is 9.58. The summed E-state index contributed by atoms with van der Waals surface area (Å²) in [7, 11) is 1.76. The Hall–Kier alpha value is -0.570. The van der Waals surface area contributed by atoms with E-state index in [1.54, 1.807) is 7.11 Å². The molecule has 0 aromatic heterocycles. The molecule has 0 aliphatic carbocycles. The summed E-state index contributed by atoms with van der Waals surface area (Å²) in [5.41, 5.74) is 0. The van der Waals surface area contributed by atoms with Gasteiger partial charge in [-0.05, 0) is 31.6 Å². The number of hydrogen-bond acceptors (Lipinski definition) is 3. The minimum atomic E-state index is 0.557. The number of nitrogens with zero attached hydrogens (tertiary/aromatic N) is 1. The summed E-state index contributed by atoms with van der Waals surface area (Å²) in [4.78, 5) is 4.55. The topological polar surface area (TPSA) is 30.8 Å². The lowest BCUT2D eigenvalue weighted by molar-refractivity contribution is 0.0522. The van der Waals surface area contributed by atoms with Crippen molar-refractivity contribution in [1.82, 2.24) is 0 Å².